The Balaban J connectivity index is 2.37. The van der Waals surface area contributed by atoms with Crippen LogP contribution in [-0.4, -0.2) is 15.3 Å². The molecule has 0 spiro atoms. The number of hydrogen-bond acceptors (Lipinski definition) is 2. The molecule has 82 valence electrons. The second-order valence-corrected chi connectivity index (χ2v) is 4.45. The van der Waals surface area contributed by atoms with Crippen LogP contribution in [0.3, 0.4) is 0 Å². The molecule has 2 nitrogen and oxygen atoms in total. The molecule has 2 aromatic rings. The maximum absolute atomic E-state index is 4.35. The summed E-state index contributed by atoms with van der Waals surface area (Å²) >= 11 is 1.69. The Morgan fingerprint density at radius 2 is 2.25 bits per heavy atom. The average Bonchev–Trinajstić information content (AvgIpc) is 2.75. The molecule has 0 saturated carbocycles. The molecule has 1 aromatic heterocycles. The van der Waals surface area contributed by atoms with E-state index in [4.69, 9.17) is 0 Å². The zero-order valence-corrected chi connectivity index (χ0v) is 10.1. The molecular weight excluding hydrogens is 216 g/mol. The number of hydrogen-bond donors (Lipinski definition) is 0. The molecule has 0 radical (unpaired) electrons. The Labute approximate surface area is 100 Å². The molecule has 0 atom stereocenters. The molecule has 1 aromatic carbocycles. The fraction of sp³-hybridized carbons (Fsp3) is 0.154. The Hall–Kier alpha value is -1.48. The molecule has 0 aliphatic heterocycles. The summed E-state index contributed by atoms with van der Waals surface area (Å²) in [7, 11) is 0. The first kappa shape index (κ1) is 11.0. The van der Waals surface area contributed by atoms with Crippen molar-refractivity contribution in [3.8, 4) is 5.69 Å². The molecule has 0 bridgehead atoms. The van der Waals surface area contributed by atoms with Gasteiger partial charge in [-0.05, 0) is 18.6 Å². The standard InChI is InChI=1S/C13H14N2S/c1-3-10-16-13-14-8-9-15(13)12-7-5-4-6-11(12)2/h3-9H,1,10H2,2H3. The van der Waals surface area contributed by atoms with Gasteiger partial charge >= 0.3 is 0 Å². The quantitative estimate of drug-likeness (QED) is 0.591. The third kappa shape index (κ3) is 2.19. The van der Waals surface area contributed by atoms with Crippen LogP contribution in [-0.2, 0) is 0 Å². The molecule has 16 heavy (non-hydrogen) atoms. The second kappa shape index (κ2) is 5.03. The lowest BCUT2D eigenvalue weighted by Gasteiger charge is -2.09. The SMILES string of the molecule is C=CCSc1nccn1-c1ccccc1C. The number of aryl methyl sites for hydroxylation is 1. The van der Waals surface area contributed by atoms with Crippen molar-refractivity contribution < 1.29 is 0 Å². The Kier molecular flexibility index (Phi) is 3.47. The van der Waals surface area contributed by atoms with Crippen LogP contribution >= 0.6 is 11.8 Å². The highest BCUT2D eigenvalue weighted by Gasteiger charge is 2.06. The molecule has 3 heteroatoms. The van der Waals surface area contributed by atoms with E-state index in [1.807, 2.05) is 30.6 Å². The first-order valence-corrected chi connectivity index (χ1v) is 6.14. The van der Waals surface area contributed by atoms with Crippen LogP contribution in [0.25, 0.3) is 5.69 Å². The molecule has 0 saturated heterocycles. The number of para-hydroxylation sites is 1. The molecule has 2 rings (SSSR count). The van der Waals surface area contributed by atoms with Gasteiger partial charge in [-0.25, -0.2) is 4.98 Å². The number of aromatic nitrogens is 2. The van der Waals surface area contributed by atoms with Crippen molar-refractivity contribution in [3.05, 3.63) is 54.9 Å². The van der Waals surface area contributed by atoms with Crippen LogP contribution < -0.4 is 0 Å². The van der Waals surface area contributed by atoms with E-state index < -0.39 is 0 Å². The van der Waals surface area contributed by atoms with E-state index in [0.29, 0.717) is 0 Å². The zero-order chi connectivity index (χ0) is 11.4. The predicted octanol–water partition coefficient (Wildman–Crippen LogP) is 3.46. The monoisotopic (exact) mass is 230 g/mol. The summed E-state index contributed by atoms with van der Waals surface area (Å²) in [4.78, 5) is 4.35. The Morgan fingerprint density at radius 3 is 3.00 bits per heavy atom. The van der Waals surface area contributed by atoms with E-state index in [1.54, 1.807) is 11.8 Å². The number of nitrogens with zero attached hydrogens (tertiary/aromatic N) is 2. The van der Waals surface area contributed by atoms with Crippen LogP contribution in [0.2, 0.25) is 0 Å². The maximum atomic E-state index is 4.35. The minimum absolute atomic E-state index is 0.878. The smallest absolute Gasteiger partial charge is 0.172 e. The number of imidazole rings is 1. The van der Waals surface area contributed by atoms with Crippen LogP contribution in [0.5, 0.6) is 0 Å². The van der Waals surface area contributed by atoms with Crippen molar-refractivity contribution in [2.24, 2.45) is 0 Å². The summed E-state index contributed by atoms with van der Waals surface area (Å²) in [5.41, 5.74) is 2.44. The first-order chi connectivity index (χ1) is 7.83. The predicted molar refractivity (Wildman–Crippen MR) is 69.2 cm³/mol. The van der Waals surface area contributed by atoms with E-state index in [1.165, 1.54) is 11.3 Å². The minimum Gasteiger partial charge on any atom is -0.295 e. The second-order valence-electron chi connectivity index (χ2n) is 3.47. The van der Waals surface area contributed by atoms with Gasteiger partial charge in [-0.2, -0.15) is 0 Å². The summed E-state index contributed by atoms with van der Waals surface area (Å²) in [6.07, 6.45) is 5.72. The van der Waals surface area contributed by atoms with Gasteiger partial charge in [0.25, 0.3) is 0 Å². The molecule has 0 aliphatic carbocycles. The molecule has 0 aliphatic rings. The third-order valence-electron chi connectivity index (χ3n) is 2.31. The lowest BCUT2D eigenvalue weighted by Crippen LogP contribution is -1.97. The summed E-state index contributed by atoms with van der Waals surface area (Å²) in [6, 6.07) is 8.31. The Bertz CT molecular complexity index is 488. The zero-order valence-electron chi connectivity index (χ0n) is 9.26. The summed E-state index contributed by atoms with van der Waals surface area (Å²) < 4.78 is 2.11. The van der Waals surface area contributed by atoms with Crippen LogP contribution in [0.15, 0.2) is 54.5 Å². The Morgan fingerprint density at radius 1 is 1.44 bits per heavy atom. The number of rotatable bonds is 4. The summed E-state index contributed by atoms with van der Waals surface area (Å²) in [6.45, 7) is 5.83. The van der Waals surface area contributed by atoms with Crippen molar-refractivity contribution in [2.45, 2.75) is 12.1 Å². The number of thioether (sulfide) groups is 1. The summed E-state index contributed by atoms with van der Waals surface area (Å²) in [5.74, 6) is 0.878. The summed E-state index contributed by atoms with van der Waals surface area (Å²) in [5, 5.41) is 1.01. The molecule has 0 amide bonds. The van der Waals surface area contributed by atoms with Crippen molar-refractivity contribution in [3.63, 3.8) is 0 Å². The maximum Gasteiger partial charge on any atom is 0.172 e. The van der Waals surface area contributed by atoms with Gasteiger partial charge in [0.1, 0.15) is 0 Å². The van der Waals surface area contributed by atoms with Crippen molar-refractivity contribution >= 4 is 11.8 Å². The van der Waals surface area contributed by atoms with Crippen LogP contribution in [0.4, 0.5) is 0 Å². The molecule has 0 N–H and O–H groups in total. The van der Waals surface area contributed by atoms with Gasteiger partial charge < -0.3 is 0 Å². The van der Waals surface area contributed by atoms with Gasteiger partial charge in [0.2, 0.25) is 0 Å². The third-order valence-corrected chi connectivity index (χ3v) is 3.27. The van der Waals surface area contributed by atoms with Crippen molar-refractivity contribution in [1.29, 1.82) is 0 Å². The lowest BCUT2D eigenvalue weighted by atomic mass is 10.2. The number of benzene rings is 1. The van der Waals surface area contributed by atoms with E-state index in [2.05, 4.69) is 35.2 Å². The topological polar surface area (TPSA) is 17.8 Å². The van der Waals surface area contributed by atoms with Gasteiger partial charge in [-0.3, -0.25) is 4.57 Å². The first-order valence-electron chi connectivity index (χ1n) is 5.16. The molecule has 0 unspecified atom stereocenters. The van der Waals surface area contributed by atoms with Crippen LogP contribution in [0.1, 0.15) is 5.56 Å². The van der Waals surface area contributed by atoms with E-state index >= 15 is 0 Å². The fourth-order valence-corrected chi connectivity index (χ4v) is 2.25. The van der Waals surface area contributed by atoms with E-state index in [-0.39, 0.29) is 0 Å². The minimum atomic E-state index is 0.878. The normalized spacial score (nSPS) is 10.3. The highest BCUT2D eigenvalue weighted by Crippen LogP contribution is 2.22. The molecule has 0 fully saturated rings. The van der Waals surface area contributed by atoms with Gasteiger partial charge in [-0.15, -0.1) is 6.58 Å². The van der Waals surface area contributed by atoms with Gasteiger partial charge in [0.05, 0.1) is 5.69 Å². The highest BCUT2D eigenvalue weighted by molar-refractivity contribution is 7.99. The van der Waals surface area contributed by atoms with Crippen molar-refractivity contribution in [1.82, 2.24) is 9.55 Å². The van der Waals surface area contributed by atoms with Crippen molar-refractivity contribution in [2.75, 3.05) is 5.75 Å². The van der Waals surface area contributed by atoms with Gasteiger partial charge in [-0.1, -0.05) is 36.0 Å². The average molecular weight is 230 g/mol. The van der Waals surface area contributed by atoms with Crippen LogP contribution in [0, 0.1) is 6.92 Å². The molecule has 1 heterocycles. The fourth-order valence-electron chi connectivity index (χ4n) is 1.55. The van der Waals surface area contributed by atoms with E-state index in [9.17, 15) is 0 Å². The molecular formula is C13H14N2S. The lowest BCUT2D eigenvalue weighted by molar-refractivity contribution is 0.889. The van der Waals surface area contributed by atoms with Gasteiger partial charge in [0.15, 0.2) is 5.16 Å². The van der Waals surface area contributed by atoms with Gasteiger partial charge in [0, 0.05) is 18.1 Å². The highest BCUT2D eigenvalue weighted by atomic mass is 32.2. The van der Waals surface area contributed by atoms with E-state index in [0.717, 1.165) is 10.9 Å². The largest absolute Gasteiger partial charge is 0.295 e.